The third-order valence-electron chi connectivity index (χ3n) is 4.33. The maximum atomic E-state index is 12.4. The van der Waals surface area contributed by atoms with Crippen molar-refractivity contribution in [2.75, 3.05) is 18.2 Å². The SMILES string of the molecule is COc1ccc(Cl)cc1NC(=O)CSc1nnc(Cc2cccs2)n1C1CC1. The first-order chi connectivity index (χ1) is 13.6. The third-order valence-corrected chi connectivity index (χ3v) is 6.38. The maximum absolute atomic E-state index is 12.4. The second kappa shape index (κ2) is 8.55. The number of carbonyl (C=O) groups is 1. The molecule has 0 unspecified atom stereocenters. The highest BCUT2D eigenvalue weighted by atomic mass is 35.5. The molecule has 1 aliphatic carbocycles. The lowest BCUT2D eigenvalue weighted by atomic mass is 10.3. The number of carbonyl (C=O) groups excluding carboxylic acids is 1. The number of aromatic nitrogens is 3. The molecule has 4 rings (SSSR count). The molecule has 28 heavy (non-hydrogen) atoms. The average Bonchev–Trinajstić information content (AvgIpc) is 3.23. The maximum Gasteiger partial charge on any atom is 0.234 e. The first-order valence-electron chi connectivity index (χ1n) is 8.86. The van der Waals surface area contributed by atoms with Gasteiger partial charge in [0.2, 0.25) is 5.91 Å². The van der Waals surface area contributed by atoms with Crippen molar-refractivity contribution in [3.63, 3.8) is 0 Å². The van der Waals surface area contributed by atoms with Gasteiger partial charge in [0.05, 0.1) is 18.6 Å². The van der Waals surface area contributed by atoms with Crippen molar-refractivity contribution in [1.82, 2.24) is 14.8 Å². The number of nitrogens with zero attached hydrogens (tertiary/aromatic N) is 3. The zero-order valence-electron chi connectivity index (χ0n) is 15.2. The van der Waals surface area contributed by atoms with E-state index >= 15 is 0 Å². The quantitative estimate of drug-likeness (QED) is 0.522. The molecule has 0 bridgehead atoms. The van der Waals surface area contributed by atoms with Crippen molar-refractivity contribution in [2.24, 2.45) is 0 Å². The minimum atomic E-state index is -0.143. The zero-order valence-corrected chi connectivity index (χ0v) is 17.6. The van der Waals surface area contributed by atoms with Crippen molar-refractivity contribution in [1.29, 1.82) is 0 Å². The number of halogens is 1. The van der Waals surface area contributed by atoms with Crippen LogP contribution in [0.3, 0.4) is 0 Å². The normalized spacial score (nSPS) is 13.5. The Balaban J connectivity index is 1.43. The third kappa shape index (κ3) is 4.51. The number of thioether (sulfide) groups is 1. The topological polar surface area (TPSA) is 69.0 Å². The highest BCUT2D eigenvalue weighted by Gasteiger charge is 2.30. The van der Waals surface area contributed by atoms with Gasteiger partial charge in [-0.2, -0.15) is 0 Å². The molecule has 0 saturated heterocycles. The molecule has 1 saturated carbocycles. The second-order valence-electron chi connectivity index (χ2n) is 6.44. The molecule has 1 N–H and O–H groups in total. The molecular weight excluding hydrogens is 416 g/mol. The van der Waals surface area contributed by atoms with E-state index in [1.54, 1.807) is 36.6 Å². The van der Waals surface area contributed by atoms with Crippen LogP contribution in [-0.2, 0) is 11.2 Å². The van der Waals surface area contributed by atoms with Crippen LogP contribution in [0.4, 0.5) is 5.69 Å². The fourth-order valence-electron chi connectivity index (χ4n) is 2.89. The van der Waals surface area contributed by atoms with Crippen LogP contribution < -0.4 is 10.1 Å². The van der Waals surface area contributed by atoms with E-state index in [4.69, 9.17) is 16.3 Å². The number of hydrogen-bond donors (Lipinski definition) is 1. The summed E-state index contributed by atoms with van der Waals surface area (Å²) in [6.07, 6.45) is 3.04. The number of methoxy groups -OCH3 is 1. The lowest BCUT2D eigenvalue weighted by molar-refractivity contribution is -0.113. The van der Waals surface area contributed by atoms with Crippen LogP contribution in [-0.4, -0.2) is 33.5 Å². The predicted molar refractivity (Wildman–Crippen MR) is 113 cm³/mol. The molecular formula is C19H19ClN4O2S2. The van der Waals surface area contributed by atoms with Crippen LogP contribution in [0.25, 0.3) is 0 Å². The minimum absolute atomic E-state index is 0.143. The van der Waals surface area contributed by atoms with E-state index in [9.17, 15) is 4.79 Å². The van der Waals surface area contributed by atoms with Crippen LogP contribution >= 0.6 is 34.7 Å². The van der Waals surface area contributed by atoms with Gasteiger partial charge in [-0.05, 0) is 42.5 Å². The molecule has 0 radical (unpaired) electrons. The molecule has 9 heteroatoms. The highest BCUT2D eigenvalue weighted by molar-refractivity contribution is 7.99. The van der Waals surface area contributed by atoms with E-state index in [0.29, 0.717) is 22.5 Å². The number of anilines is 1. The Hall–Kier alpha value is -2.03. The zero-order chi connectivity index (χ0) is 19.5. The molecule has 146 valence electrons. The lowest BCUT2D eigenvalue weighted by Gasteiger charge is -2.11. The molecule has 3 aromatic rings. The van der Waals surface area contributed by atoms with Crippen molar-refractivity contribution in [3.05, 3.63) is 51.4 Å². The Morgan fingerprint density at radius 1 is 1.39 bits per heavy atom. The standard InChI is InChI=1S/C19H19ClN4O2S2/c1-26-16-7-4-12(20)9-15(16)21-18(25)11-28-19-23-22-17(24(19)13-5-6-13)10-14-3-2-8-27-14/h2-4,7-9,13H,5-6,10-11H2,1H3,(H,21,25). The molecule has 1 fully saturated rings. The van der Waals surface area contributed by atoms with Gasteiger partial charge >= 0.3 is 0 Å². The van der Waals surface area contributed by atoms with Crippen molar-refractivity contribution >= 4 is 46.3 Å². The lowest BCUT2D eigenvalue weighted by Crippen LogP contribution is -2.15. The van der Waals surface area contributed by atoms with Crippen LogP contribution in [0.15, 0.2) is 40.9 Å². The van der Waals surface area contributed by atoms with Crippen molar-refractivity contribution in [2.45, 2.75) is 30.5 Å². The van der Waals surface area contributed by atoms with Crippen LogP contribution in [0.2, 0.25) is 5.02 Å². The van der Waals surface area contributed by atoms with Gasteiger partial charge in [0.25, 0.3) is 0 Å². The first kappa shape index (κ1) is 19.3. The molecule has 0 aliphatic heterocycles. The van der Waals surface area contributed by atoms with E-state index in [1.807, 2.05) is 6.07 Å². The number of ether oxygens (including phenoxy) is 1. The average molecular weight is 435 g/mol. The van der Waals surface area contributed by atoms with Gasteiger partial charge in [-0.3, -0.25) is 4.79 Å². The second-order valence-corrected chi connectivity index (χ2v) is 8.85. The molecule has 1 aliphatic rings. The number of hydrogen-bond acceptors (Lipinski definition) is 6. The Bertz CT molecular complexity index is 970. The van der Waals surface area contributed by atoms with Gasteiger partial charge in [-0.25, -0.2) is 0 Å². The predicted octanol–water partition coefficient (Wildman–Crippen LogP) is 4.66. The van der Waals surface area contributed by atoms with Gasteiger partial charge in [0.15, 0.2) is 5.16 Å². The number of amides is 1. The fourth-order valence-corrected chi connectivity index (χ4v) is 4.59. The number of thiophene rings is 1. The van der Waals surface area contributed by atoms with Gasteiger partial charge in [0.1, 0.15) is 11.6 Å². The van der Waals surface area contributed by atoms with Gasteiger partial charge < -0.3 is 14.6 Å². The summed E-state index contributed by atoms with van der Waals surface area (Å²) >= 11 is 9.14. The van der Waals surface area contributed by atoms with Gasteiger partial charge in [0, 0.05) is 22.4 Å². The largest absolute Gasteiger partial charge is 0.495 e. The van der Waals surface area contributed by atoms with E-state index in [2.05, 4.69) is 31.5 Å². The Morgan fingerprint density at radius 3 is 2.96 bits per heavy atom. The Morgan fingerprint density at radius 2 is 2.25 bits per heavy atom. The summed E-state index contributed by atoms with van der Waals surface area (Å²) in [5.74, 6) is 1.63. The minimum Gasteiger partial charge on any atom is -0.495 e. The smallest absolute Gasteiger partial charge is 0.234 e. The molecule has 2 heterocycles. The summed E-state index contributed by atoms with van der Waals surface area (Å²) in [5.41, 5.74) is 0.558. The molecule has 1 amide bonds. The van der Waals surface area contributed by atoms with E-state index in [-0.39, 0.29) is 11.7 Å². The fraction of sp³-hybridized carbons (Fsp3) is 0.316. The van der Waals surface area contributed by atoms with E-state index < -0.39 is 0 Å². The number of nitrogens with one attached hydrogen (secondary N) is 1. The monoisotopic (exact) mass is 434 g/mol. The summed E-state index contributed by atoms with van der Waals surface area (Å²) in [4.78, 5) is 13.7. The molecule has 0 spiro atoms. The van der Waals surface area contributed by atoms with Crippen LogP contribution in [0.5, 0.6) is 5.75 Å². The molecule has 2 aromatic heterocycles. The summed E-state index contributed by atoms with van der Waals surface area (Å²) < 4.78 is 7.46. The van der Waals surface area contributed by atoms with Crippen molar-refractivity contribution in [3.8, 4) is 5.75 Å². The summed E-state index contributed by atoms with van der Waals surface area (Å²) in [6, 6.07) is 9.72. The van der Waals surface area contributed by atoms with Crippen molar-refractivity contribution < 1.29 is 9.53 Å². The molecule has 1 aromatic carbocycles. The number of benzene rings is 1. The summed E-state index contributed by atoms with van der Waals surface area (Å²) in [5, 5.41) is 15.0. The van der Waals surface area contributed by atoms with E-state index in [1.165, 1.54) is 16.6 Å². The first-order valence-corrected chi connectivity index (χ1v) is 11.1. The summed E-state index contributed by atoms with van der Waals surface area (Å²) in [6.45, 7) is 0. The van der Waals surface area contributed by atoms with Gasteiger partial charge in [-0.15, -0.1) is 21.5 Å². The summed E-state index contributed by atoms with van der Waals surface area (Å²) in [7, 11) is 1.56. The number of rotatable bonds is 8. The Kier molecular flexibility index (Phi) is 5.89. The highest BCUT2D eigenvalue weighted by Crippen LogP contribution is 2.39. The molecule has 0 atom stereocenters. The van der Waals surface area contributed by atoms with Crippen LogP contribution in [0.1, 0.15) is 29.6 Å². The Labute approximate surface area is 176 Å². The van der Waals surface area contributed by atoms with Gasteiger partial charge in [-0.1, -0.05) is 29.4 Å². The van der Waals surface area contributed by atoms with Crippen LogP contribution in [0, 0.1) is 0 Å². The molecule has 6 nitrogen and oxygen atoms in total. The van der Waals surface area contributed by atoms with E-state index in [0.717, 1.165) is 30.2 Å².